The number of methoxy groups -OCH3 is 1. The van der Waals surface area contributed by atoms with Crippen LogP contribution in [0.2, 0.25) is 0 Å². The van der Waals surface area contributed by atoms with E-state index < -0.39 is 5.82 Å². The van der Waals surface area contributed by atoms with Crippen LogP contribution in [0.3, 0.4) is 0 Å². The number of amides is 2. The van der Waals surface area contributed by atoms with Crippen LogP contribution in [-0.2, 0) is 6.54 Å². The molecule has 0 radical (unpaired) electrons. The number of nitrogens with zero attached hydrogens (tertiary/aromatic N) is 2. The minimum atomic E-state index is -0.428. The molecule has 0 fully saturated rings. The summed E-state index contributed by atoms with van der Waals surface area (Å²) in [5, 5.41) is 2.89. The van der Waals surface area contributed by atoms with Crippen molar-refractivity contribution >= 4 is 11.7 Å². The van der Waals surface area contributed by atoms with Gasteiger partial charge in [0.1, 0.15) is 0 Å². The summed E-state index contributed by atoms with van der Waals surface area (Å²) in [5.74, 6) is -0.230. The molecule has 0 atom stereocenters. The lowest BCUT2D eigenvalue weighted by Crippen LogP contribution is -2.38. The van der Waals surface area contributed by atoms with Gasteiger partial charge in [-0.3, -0.25) is 0 Å². The molecule has 0 saturated heterocycles. The standard InChI is InChI=1S/C20H26FN3O2/c1-23(17-8-5-4-6-9-17)13-7-12-22-20(25)24(2)15-16-10-11-19(26-3)18(21)14-16/h4-6,8-11,14H,7,12-13,15H2,1-3H3,(H,22,25). The number of halogens is 1. The summed E-state index contributed by atoms with van der Waals surface area (Å²) in [5.41, 5.74) is 1.86. The van der Waals surface area contributed by atoms with E-state index in [9.17, 15) is 9.18 Å². The fraction of sp³-hybridized carbons (Fsp3) is 0.350. The van der Waals surface area contributed by atoms with E-state index in [0.717, 1.165) is 18.7 Å². The van der Waals surface area contributed by atoms with Crippen LogP contribution in [-0.4, -0.2) is 45.2 Å². The molecule has 1 N–H and O–H groups in total. The molecule has 0 spiro atoms. The van der Waals surface area contributed by atoms with E-state index in [4.69, 9.17) is 4.74 Å². The highest BCUT2D eigenvalue weighted by molar-refractivity contribution is 5.73. The van der Waals surface area contributed by atoms with Crippen molar-refractivity contribution in [2.75, 3.05) is 39.2 Å². The van der Waals surface area contributed by atoms with E-state index in [0.29, 0.717) is 18.7 Å². The summed E-state index contributed by atoms with van der Waals surface area (Å²) in [4.78, 5) is 15.8. The second-order valence-corrected chi connectivity index (χ2v) is 6.17. The predicted molar refractivity (Wildman–Crippen MR) is 102 cm³/mol. The Morgan fingerprint density at radius 3 is 2.54 bits per heavy atom. The number of carbonyl (C=O) groups is 1. The van der Waals surface area contributed by atoms with Crippen molar-refractivity contribution in [2.45, 2.75) is 13.0 Å². The highest BCUT2D eigenvalue weighted by Gasteiger charge is 2.10. The summed E-state index contributed by atoms with van der Waals surface area (Å²) < 4.78 is 18.6. The zero-order chi connectivity index (χ0) is 18.9. The second-order valence-electron chi connectivity index (χ2n) is 6.17. The molecule has 0 aliphatic rings. The lowest BCUT2D eigenvalue weighted by molar-refractivity contribution is 0.207. The fourth-order valence-electron chi connectivity index (χ4n) is 2.61. The topological polar surface area (TPSA) is 44.8 Å². The third-order valence-electron chi connectivity index (χ3n) is 4.13. The Balaban J connectivity index is 1.72. The molecule has 0 saturated carbocycles. The molecule has 26 heavy (non-hydrogen) atoms. The smallest absolute Gasteiger partial charge is 0.317 e. The maximum atomic E-state index is 13.7. The zero-order valence-electron chi connectivity index (χ0n) is 15.5. The zero-order valence-corrected chi connectivity index (χ0v) is 15.5. The van der Waals surface area contributed by atoms with Gasteiger partial charge in [0.15, 0.2) is 11.6 Å². The monoisotopic (exact) mass is 359 g/mol. The van der Waals surface area contributed by atoms with Crippen LogP contribution in [0.4, 0.5) is 14.9 Å². The molecule has 0 unspecified atom stereocenters. The third-order valence-corrected chi connectivity index (χ3v) is 4.13. The Morgan fingerprint density at radius 2 is 1.88 bits per heavy atom. The van der Waals surface area contributed by atoms with Gasteiger partial charge in [0, 0.05) is 39.4 Å². The molecule has 2 rings (SSSR count). The van der Waals surface area contributed by atoms with Crippen LogP contribution in [0.15, 0.2) is 48.5 Å². The average molecular weight is 359 g/mol. The number of hydrogen-bond acceptors (Lipinski definition) is 3. The first-order valence-corrected chi connectivity index (χ1v) is 8.59. The molecule has 0 aliphatic carbocycles. The van der Waals surface area contributed by atoms with E-state index in [-0.39, 0.29) is 11.8 Å². The van der Waals surface area contributed by atoms with Crippen LogP contribution in [0.5, 0.6) is 5.75 Å². The maximum Gasteiger partial charge on any atom is 0.317 e. The van der Waals surface area contributed by atoms with Gasteiger partial charge in [-0.1, -0.05) is 24.3 Å². The molecule has 2 aromatic rings. The summed E-state index contributed by atoms with van der Waals surface area (Å²) in [7, 11) is 5.14. The number of para-hydroxylation sites is 1. The molecular weight excluding hydrogens is 333 g/mol. The highest BCUT2D eigenvalue weighted by atomic mass is 19.1. The van der Waals surface area contributed by atoms with Crippen molar-refractivity contribution in [3.05, 3.63) is 59.9 Å². The fourth-order valence-corrected chi connectivity index (χ4v) is 2.61. The predicted octanol–water partition coefficient (Wildman–Crippen LogP) is 3.50. The molecule has 2 aromatic carbocycles. The Hall–Kier alpha value is -2.76. The van der Waals surface area contributed by atoms with Gasteiger partial charge in [0.2, 0.25) is 0 Å². The summed E-state index contributed by atoms with van der Waals surface area (Å²) in [6.45, 7) is 1.76. The maximum absolute atomic E-state index is 13.7. The molecule has 0 bridgehead atoms. The van der Waals surface area contributed by atoms with Gasteiger partial charge in [-0.15, -0.1) is 0 Å². The van der Waals surface area contributed by atoms with Gasteiger partial charge in [-0.25, -0.2) is 9.18 Å². The van der Waals surface area contributed by atoms with E-state index in [1.807, 2.05) is 25.2 Å². The number of benzene rings is 2. The Bertz CT molecular complexity index is 709. The molecule has 6 heteroatoms. The number of ether oxygens (including phenoxy) is 1. The van der Waals surface area contributed by atoms with E-state index >= 15 is 0 Å². The van der Waals surface area contributed by atoms with Crippen LogP contribution in [0, 0.1) is 5.82 Å². The van der Waals surface area contributed by atoms with Crippen LogP contribution in [0.25, 0.3) is 0 Å². The van der Waals surface area contributed by atoms with Gasteiger partial charge >= 0.3 is 6.03 Å². The van der Waals surface area contributed by atoms with Crippen molar-refractivity contribution in [2.24, 2.45) is 0 Å². The average Bonchev–Trinajstić information content (AvgIpc) is 2.65. The first kappa shape index (κ1) is 19.6. The number of nitrogens with one attached hydrogen (secondary N) is 1. The van der Waals surface area contributed by atoms with E-state index in [1.165, 1.54) is 18.1 Å². The molecule has 0 heterocycles. The van der Waals surface area contributed by atoms with Crippen molar-refractivity contribution in [3.8, 4) is 5.75 Å². The summed E-state index contributed by atoms with van der Waals surface area (Å²) >= 11 is 0. The van der Waals surface area contributed by atoms with Crippen LogP contribution < -0.4 is 15.0 Å². The van der Waals surface area contributed by atoms with Gasteiger partial charge in [-0.2, -0.15) is 0 Å². The largest absolute Gasteiger partial charge is 0.494 e. The normalized spacial score (nSPS) is 10.3. The Morgan fingerprint density at radius 1 is 1.15 bits per heavy atom. The first-order chi connectivity index (χ1) is 12.5. The van der Waals surface area contributed by atoms with Crippen molar-refractivity contribution in [3.63, 3.8) is 0 Å². The lowest BCUT2D eigenvalue weighted by atomic mass is 10.2. The second kappa shape index (κ2) is 9.65. The first-order valence-electron chi connectivity index (χ1n) is 8.59. The quantitative estimate of drug-likeness (QED) is 0.734. The Labute approximate surface area is 154 Å². The van der Waals surface area contributed by atoms with Gasteiger partial charge in [0.05, 0.1) is 7.11 Å². The van der Waals surface area contributed by atoms with Gasteiger partial charge in [0.25, 0.3) is 0 Å². The molecular formula is C20H26FN3O2. The summed E-state index contributed by atoms with van der Waals surface area (Å²) in [6.07, 6.45) is 0.835. The third kappa shape index (κ3) is 5.65. The minimum absolute atomic E-state index is 0.177. The van der Waals surface area contributed by atoms with E-state index in [1.54, 1.807) is 19.2 Å². The number of rotatable bonds is 8. The molecule has 2 amide bonds. The number of anilines is 1. The van der Waals surface area contributed by atoms with Crippen molar-refractivity contribution < 1.29 is 13.9 Å². The SMILES string of the molecule is COc1ccc(CN(C)C(=O)NCCCN(C)c2ccccc2)cc1F. The van der Waals surface area contributed by atoms with Crippen LogP contribution >= 0.6 is 0 Å². The number of carbonyl (C=O) groups excluding carboxylic acids is 1. The van der Waals surface area contributed by atoms with Crippen LogP contribution in [0.1, 0.15) is 12.0 Å². The number of urea groups is 1. The molecule has 140 valence electrons. The lowest BCUT2D eigenvalue weighted by Gasteiger charge is -2.21. The van der Waals surface area contributed by atoms with Gasteiger partial charge < -0.3 is 19.9 Å². The molecule has 5 nitrogen and oxygen atoms in total. The molecule has 0 aliphatic heterocycles. The number of hydrogen-bond donors (Lipinski definition) is 1. The highest BCUT2D eigenvalue weighted by Crippen LogP contribution is 2.18. The van der Waals surface area contributed by atoms with Crippen molar-refractivity contribution in [1.29, 1.82) is 0 Å². The minimum Gasteiger partial charge on any atom is -0.494 e. The van der Waals surface area contributed by atoms with E-state index in [2.05, 4.69) is 22.3 Å². The summed E-state index contributed by atoms with van der Waals surface area (Å²) in [6, 6.07) is 14.6. The van der Waals surface area contributed by atoms with Gasteiger partial charge in [-0.05, 0) is 36.2 Å². The Kier molecular flexibility index (Phi) is 7.26. The van der Waals surface area contributed by atoms with Crippen molar-refractivity contribution in [1.82, 2.24) is 10.2 Å². The molecule has 0 aromatic heterocycles.